The van der Waals surface area contributed by atoms with Gasteiger partial charge in [0, 0.05) is 0 Å². The van der Waals surface area contributed by atoms with E-state index in [1.165, 1.54) is 32.6 Å². The van der Waals surface area contributed by atoms with E-state index >= 15 is 0 Å². The molecule has 0 heterocycles. The lowest BCUT2D eigenvalue weighted by atomic mass is 10.1. The summed E-state index contributed by atoms with van der Waals surface area (Å²) in [7, 11) is 8.76. The van der Waals surface area contributed by atoms with Gasteiger partial charge in [-0.15, -0.1) is 0 Å². The molecular formula is C19H48N2O6. The van der Waals surface area contributed by atoms with Gasteiger partial charge in [0.05, 0.1) is 54.0 Å². The van der Waals surface area contributed by atoms with Crippen LogP contribution in [0.5, 0.6) is 0 Å². The Morgan fingerprint density at radius 1 is 0.593 bits per heavy atom. The molecular weight excluding hydrogens is 352 g/mol. The summed E-state index contributed by atoms with van der Waals surface area (Å²) >= 11 is 0. The fraction of sp³-hybridized carbons (Fsp3) is 1.00. The number of aliphatic hydroxyl groups excluding tert-OH is 4. The first-order valence-corrected chi connectivity index (χ1v) is 9.60. The average Bonchev–Trinajstić information content (AvgIpc) is 2.40. The van der Waals surface area contributed by atoms with Crippen LogP contribution in [0.15, 0.2) is 0 Å². The van der Waals surface area contributed by atoms with Crippen LogP contribution < -0.4 is 0 Å². The third-order valence-electron chi connectivity index (χ3n) is 4.06. The van der Waals surface area contributed by atoms with E-state index in [0.717, 1.165) is 35.1 Å². The molecule has 0 saturated heterocycles. The van der Waals surface area contributed by atoms with Crippen LogP contribution in [0.4, 0.5) is 0 Å². The minimum absolute atomic E-state index is 0. The Morgan fingerprint density at radius 3 is 1.04 bits per heavy atom. The van der Waals surface area contributed by atoms with Crippen LogP contribution in [0.1, 0.15) is 46.5 Å². The summed E-state index contributed by atoms with van der Waals surface area (Å²) in [5.41, 5.74) is 0. The minimum atomic E-state index is -0.560. The van der Waals surface area contributed by atoms with Crippen molar-refractivity contribution in [3.63, 3.8) is 0 Å². The third-order valence-corrected chi connectivity index (χ3v) is 4.06. The van der Waals surface area contributed by atoms with Crippen LogP contribution >= 0.6 is 0 Å². The number of quaternary nitrogens is 2. The maximum absolute atomic E-state index is 9.45. The largest absolute Gasteiger partial charge is 0.870 e. The number of aliphatic hydroxyl groups is 4. The van der Waals surface area contributed by atoms with E-state index in [1.807, 2.05) is 13.8 Å². The van der Waals surface area contributed by atoms with Crippen molar-refractivity contribution in [3.8, 4) is 0 Å². The predicted octanol–water partition coefficient (Wildman–Crippen LogP) is 0.467. The number of nitrogens with zero attached hydrogens (tertiary/aromatic N) is 2. The van der Waals surface area contributed by atoms with Crippen molar-refractivity contribution < 1.29 is 40.3 Å². The van der Waals surface area contributed by atoms with Gasteiger partial charge in [0.2, 0.25) is 0 Å². The molecule has 27 heavy (non-hydrogen) atoms. The molecule has 6 N–H and O–H groups in total. The number of hydrogen-bond donors (Lipinski definition) is 4. The summed E-state index contributed by atoms with van der Waals surface area (Å²) in [5, 5.41) is 34.9. The van der Waals surface area contributed by atoms with E-state index in [9.17, 15) is 10.2 Å². The lowest BCUT2D eigenvalue weighted by Gasteiger charge is -2.32. The summed E-state index contributed by atoms with van der Waals surface area (Å²) < 4.78 is 1.81. The third kappa shape index (κ3) is 28.0. The van der Waals surface area contributed by atoms with Gasteiger partial charge < -0.3 is 40.3 Å². The number of hydrogen-bond acceptors (Lipinski definition) is 6. The van der Waals surface area contributed by atoms with Crippen LogP contribution in [0, 0.1) is 0 Å². The molecule has 0 fully saturated rings. The first-order valence-electron chi connectivity index (χ1n) is 9.60. The van der Waals surface area contributed by atoms with Crippen LogP contribution in [0.3, 0.4) is 0 Å². The van der Waals surface area contributed by atoms with Crippen molar-refractivity contribution in [2.45, 2.75) is 64.8 Å². The van der Waals surface area contributed by atoms with E-state index in [2.05, 4.69) is 28.2 Å². The van der Waals surface area contributed by atoms with Crippen molar-refractivity contribution in [1.82, 2.24) is 0 Å². The fourth-order valence-electron chi connectivity index (χ4n) is 3.05. The molecule has 0 amide bonds. The molecule has 0 radical (unpaired) electrons. The van der Waals surface area contributed by atoms with E-state index in [-0.39, 0.29) is 29.8 Å². The van der Waals surface area contributed by atoms with Gasteiger partial charge in [0.15, 0.2) is 0 Å². The molecule has 0 spiro atoms. The summed E-state index contributed by atoms with van der Waals surface area (Å²) in [6, 6.07) is 0. The Bertz CT molecular complexity index is 285. The Kier molecular flexibility index (Phi) is 22.5. The average molecular weight is 401 g/mol. The Labute approximate surface area is 166 Å². The highest BCUT2D eigenvalue weighted by molar-refractivity contribution is 4.48. The normalized spacial score (nSPS) is 14.8. The van der Waals surface area contributed by atoms with Gasteiger partial charge >= 0.3 is 0 Å². The molecule has 0 aliphatic rings. The lowest BCUT2D eigenvalue weighted by molar-refractivity contribution is -0.894. The summed E-state index contributed by atoms with van der Waals surface area (Å²) in [6.07, 6.45) is 3.97. The highest BCUT2D eigenvalue weighted by Gasteiger charge is 2.18. The first-order chi connectivity index (χ1) is 11.3. The van der Waals surface area contributed by atoms with E-state index < -0.39 is 6.10 Å². The van der Waals surface area contributed by atoms with Crippen molar-refractivity contribution in [3.05, 3.63) is 0 Å². The molecule has 3 unspecified atom stereocenters. The molecule has 0 aromatic heterocycles. The Balaban J connectivity index is -0.000000333. The summed E-state index contributed by atoms with van der Waals surface area (Å²) in [5.74, 6) is 0. The number of rotatable bonds is 12. The topological polar surface area (TPSA) is 141 Å². The standard InChI is InChI=1S/C16H38N2O2.C3H8O2.2H2O/c1-15(19)13-17(3,4)11-9-7-8-10-12-18(5,6)14-16(2)20;1-3(5)2-4;;/h15-16,19-20H,7-14H2,1-6H3;3-5H,2H2,1H3;2*1H2/q+2;;;/p-2. The van der Waals surface area contributed by atoms with Gasteiger partial charge in [-0.25, -0.2) is 0 Å². The zero-order valence-corrected chi connectivity index (χ0v) is 18.7. The zero-order valence-electron chi connectivity index (χ0n) is 18.7. The molecule has 0 aliphatic carbocycles. The molecule has 0 aromatic rings. The van der Waals surface area contributed by atoms with Crippen molar-refractivity contribution in [1.29, 1.82) is 0 Å². The zero-order chi connectivity index (χ0) is 20.1. The van der Waals surface area contributed by atoms with Crippen molar-refractivity contribution in [2.75, 3.05) is 61.0 Å². The SMILES string of the molecule is CC(O)CO.CC(O)C[N+](C)(C)CCCCCC[N+](C)(C)CC(C)O.[OH-].[OH-]. The molecule has 3 atom stereocenters. The maximum Gasteiger partial charge on any atom is 0.104 e. The molecule has 8 heteroatoms. The first kappa shape index (κ1) is 34.2. The second-order valence-corrected chi connectivity index (χ2v) is 8.83. The van der Waals surface area contributed by atoms with E-state index in [1.54, 1.807) is 0 Å². The van der Waals surface area contributed by atoms with Gasteiger partial charge in [-0.2, -0.15) is 0 Å². The van der Waals surface area contributed by atoms with Crippen LogP contribution in [-0.4, -0.2) is 120 Å². The van der Waals surface area contributed by atoms with Crippen LogP contribution in [0.25, 0.3) is 0 Å². The van der Waals surface area contributed by atoms with Crippen molar-refractivity contribution >= 4 is 0 Å². The molecule has 0 rings (SSSR count). The molecule has 170 valence electrons. The molecule has 0 saturated carbocycles. The summed E-state index contributed by atoms with van der Waals surface area (Å²) in [6.45, 7) is 9.05. The quantitative estimate of drug-likeness (QED) is 0.277. The predicted molar refractivity (Wildman–Crippen MR) is 108 cm³/mol. The Hall–Kier alpha value is -0.320. The van der Waals surface area contributed by atoms with Gasteiger partial charge in [-0.1, -0.05) is 0 Å². The molecule has 8 nitrogen and oxygen atoms in total. The van der Waals surface area contributed by atoms with Gasteiger partial charge in [0.25, 0.3) is 0 Å². The van der Waals surface area contributed by atoms with E-state index in [0.29, 0.717) is 0 Å². The second kappa shape index (κ2) is 17.8. The molecule has 0 bridgehead atoms. The summed E-state index contributed by atoms with van der Waals surface area (Å²) in [4.78, 5) is 0. The number of likely N-dealkylation sites (N-methyl/N-ethyl adjacent to an activating group) is 2. The molecule has 0 aliphatic heterocycles. The fourth-order valence-corrected chi connectivity index (χ4v) is 3.05. The number of unbranched alkanes of at least 4 members (excludes halogenated alkanes) is 3. The van der Waals surface area contributed by atoms with Gasteiger partial charge in [-0.05, 0) is 46.5 Å². The monoisotopic (exact) mass is 400 g/mol. The van der Waals surface area contributed by atoms with Crippen molar-refractivity contribution in [2.24, 2.45) is 0 Å². The van der Waals surface area contributed by atoms with E-state index in [4.69, 9.17) is 10.2 Å². The molecule has 0 aromatic carbocycles. The second-order valence-electron chi connectivity index (χ2n) is 8.83. The Morgan fingerprint density at radius 2 is 0.852 bits per heavy atom. The highest BCUT2D eigenvalue weighted by atomic mass is 16.3. The van der Waals surface area contributed by atoms with Crippen LogP contribution in [0.2, 0.25) is 0 Å². The minimum Gasteiger partial charge on any atom is -0.870 e. The smallest absolute Gasteiger partial charge is 0.104 e. The lowest BCUT2D eigenvalue weighted by Crippen LogP contribution is -2.45. The highest BCUT2D eigenvalue weighted by Crippen LogP contribution is 2.09. The van der Waals surface area contributed by atoms with Gasteiger partial charge in [-0.3, -0.25) is 0 Å². The van der Waals surface area contributed by atoms with Crippen LogP contribution in [-0.2, 0) is 0 Å². The van der Waals surface area contributed by atoms with Gasteiger partial charge in [0.1, 0.15) is 25.3 Å². The maximum atomic E-state index is 9.45.